The Morgan fingerprint density at radius 3 is 2.19 bits per heavy atom. The largest absolute Gasteiger partial charge is 0.394 e. The van der Waals surface area contributed by atoms with Crippen LogP contribution in [0, 0.1) is 0 Å². The zero-order valence-corrected chi connectivity index (χ0v) is 11.0. The highest BCUT2D eigenvalue weighted by atomic mass is 16.8. The fraction of sp³-hybridized carbons (Fsp3) is 1.00. The maximum Gasteiger partial charge on any atom is 0.224 e. The molecule has 7 N–H and O–H groups in total. The van der Waals surface area contributed by atoms with Gasteiger partial charge in [0, 0.05) is 0 Å². The molecule has 0 aliphatic carbocycles. The summed E-state index contributed by atoms with van der Waals surface area (Å²) in [5.74, 6) is -2.12. The predicted octanol–water partition coefficient (Wildman–Crippen LogP) is -4.76. The van der Waals surface area contributed by atoms with Gasteiger partial charge in [-0.25, -0.2) is 0 Å². The summed E-state index contributed by atoms with van der Waals surface area (Å²) in [4.78, 5) is 0. The average Bonchev–Trinajstić information content (AvgIpc) is 2.73. The summed E-state index contributed by atoms with van der Waals surface area (Å²) in [6, 6.07) is 0. The molecule has 0 saturated carbocycles. The van der Waals surface area contributed by atoms with E-state index in [9.17, 15) is 30.6 Å². The summed E-state index contributed by atoms with van der Waals surface area (Å²) in [5, 5.41) is 66.7. The van der Waals surface area contributed by atoms with Crippen LogP contribution in [0.5, 0.6) is 0 Å². The Labute approximate surface area is 119 Å². The van der Waals surface area contributed by atoms with Gasteiger partial charge >= 0.3 is 0 Å². The maximum absolute atomic E-state index is 9.92. The molecule has 21 heavy (non-hydrogen) atoms. The van der Waals surface area contributed by atoms with E-state index in [-0.39, 0.29) is 6.61 Å². The molecular weight excluding hydrogens is 292 g/mol. The Hall–Kier alpha value is -0.400. The van der Waals surface area contributed by atoms with Crippen LogP contribution in [-0.4, -0.2) is 104 Å². The monoisotopic (exact) mass is 312 g/mol. The first-order valence-electron chi connectivity index (χ1n) is 6.45. The number of hydrogen-bond donors (Lipinski definition) is 7. The van der Waals surface area contributed by atoms with Crippen molar-refractivity contribution in [1.29, 1.82) is 0 Å². The van der Waals surface area contributed by atoms with Crippen molar-refractivity contribution in [2.75, 3.05) is 19.8 Å². The lowest BCUT2D eigenvalue weighted by molar-refractivity contribution is -0.370. The van der Waals surface area contributed by atoms with Gasteiger partial charge in [0.1, 0.15) is 43.2 Å². The minimum atomic E-state index is -2.12. The lowest BCUT2D eigenvalue weighted by atomic mass is 10.0. The number of ether oxygens (including phenoxy) is 3. The minimum absolute atomic E-state index is 0.341. The van der Waals surface area contributed by atoms with Gasteiger partial charge in [0.05, 0.1) is 13.2 Å². The second kappa shape index (κ2) is 6.38. The second-order valence-electron chi connectivity index (χ2n) is 5.11. The Balaban J connectivity index is 2.12. The van der Waals surface area contributed by atoms with Gasteiger partial charge in [-0.05, 0) is 0 Å². The highest BCUT2D eigenvalue weighted by molar-refractivity contribution is 4.97. The molecule has 10 heteroatoms. The van der Waals surface area contributed by atoms with E-state index >= 15 is 0 Å². The van der Waals surface area contributed by atoms with Gasteiger partial charge < -0.3 is 50.0 Å². The van der Waals surface area contributed by atoms with E-state index in [0.717, 1.165) is 0 Å². The van der Waals surface area contributed by atoms with Crippen molar-refractivity contribution in [3.63, 3.8) is 0 Å². The molecular formula is C11H20O10. The van der Waals surface area contributed by atoms with Crippen molar-refractivity contribution < 1.29 is 50.0 Å². The first-order chi connectivity index (χ1) is 9.86. The van der Waals surface area contributed by atoms with Crippen molar-refractivity contribution in [2.45, 2.75) is 48.7 Å². The van der Waals surface area contributed by atoms with Gasteiger partial charge in [0.25, 0.3) is 0 Å². The molecule has 0 aromatic carbocycles. The van der Waals surface area contributed by atoms with Crippen molar-refractivity contribution in [2.24, 2.45) is 0 Å². The molecule has 0 aromatic rings. The van der Waals surface area contributed by atoms with Crippen LogP contribution in [0.15, 0.2) is 0 Å². The zero-order valence-electron chi connectivity index (χ0n) is 11.0. The summed E-state index contributed by atoms with van der Waals surface area (Å²) in [7, 11) is 0. The van der Waals surface area contributed by atoms with Crippen LogP contribution >= 0.6 is 0 Å². The lowest BCUT2D eigenvalue weighted by Gasteiger charge is -2.40. The van der Waals surface area contributed by atoms with E-state index in [1.807, 2.05) is 0 Å². The van der Waals surface area contributed by atoms with Crippen LogP contribution < -0.4 is 0 Å². The fourth-order valence-electron chi connectivity index (χ4n) is 2.35. The van der Waals surface area contributed by atoms with E-state index in [2.05, 4.69) is 0 Å². The summed E-state index contributed by atoms with van der Waals surface area (Å²) >= 11 is 0. The number of rotatable bonds is 4. The van der Waals surface area contributed by atoms with Crippen LogP contribution in [0.4, 0.5) is 0 Å². The van der Waals surface area contributed by atoms with Gasteiger partial charge in [-0.2, -0.15) is 0 Å². The zero-order chi connectivity index (χ0) is 15.8. The third-order valence-electron chi connectivity index (χ3n) is 3.68. The van der Waals surface area contributed by atoms with Crippen LogP contribution in [-0.2, 0) is 14.2 Å². The Morgan fingerprint density at radius 2 is 1.67 bits per heavy atom. The summed E-state index contributed by atoms with van der Waals surface area (Å²) in [5.41, 5.74) is 0. The van der Waals surface area contributed by atoms with Gasteiger partial charge in [0.2, 0.25) is 5.79 Å². The number of aliphatic hydroxyl groups excluding tert-OH is 7. The fourth-order valence-corrected chi connectivity index (χ4v) is 2.35. The highest BCUT2D eigenvalue weighted by Gasteiger charge is 2.57. The standard InChI is InChI=1S/C11H20O10/c12-1-5-7(16)9(18)11(3-13,20-5)21-10-8(17)6(15)4(14)2-19-10/h4-10,12-18H,1-3H2/t4-,5-,6+,7-,8+,9+,10-,11+/m1/s1. The van der Waals surface area contributed by atoms with Crippen LogP contribution in [0.2, 0.25) is 0 Å². The molecule has 0 bridgehead atoms. The summed E-state index contributed by atoms with van der Waals surface area (Å²) in [6.07, 6.45) is -10.4. The molecule has 0 aromatic heterocycles. The van der Waals surface area contributed by atoms with Crippen molar-refractivity contribution in [3.05, 3.63) is 0 Å². The third-order valence-corrected chi connectivity index (χ3v) is 3.68. The molecule has 0 unspecified atom stereocenters. The second-order valence-corrected chi connectivity index (χ2v) is 5.11. The van der Waals surface area contributed by atoms with E-state index in [4.69, 9.17) is 19.3 Å². The normalized spacial score (nSPS) is 51.3. The third kappa shape index (κ3) is 2.92. The van der Waals surface area contributed by atoms with Crippen molar-refractivity contribution in [1.82, 2.24) is 0 Å². The first-order valence-corrected chi connectivity index (χ1v) is 6.45. The van der Waals surface area contributed by atoms with E-state index < -0.39 is 61.9 Å². The Morgan fingerprint density at radius 1 is 1.00 bits per heavy atom. The molecule has 0 radical (unpaired) electrons. The van der Waals surface area contributed by atoms with E-state index in [1.54, 1.807) is 0 Å². The molecule has 0 spiro atoms. The highest BCUT2D eigenvalue weighted by Crippen LogP contribution is 2.35. The lowest BCUT2D eigenvalue weighted by Crippen LogP contribution is -2.59. The molecule has 124 valence electrons. The summed E-state index contributed by atoms with van der Waals surface area (Å²) < 4.78 is 15.3. The number of aliphatic hydroxyl groups is 7. The SMILES string of the molecule is OC[C@H]1O[C@@](CO)(O[C@H]2OC[C@@H](O)[C@H](O)[C@@H]2O)[C@@H](O)[C@@H]1O. The first kappa shape index (κ1) is 17.0. The Bertz CT molecular complexity index is 354. The number of hydrogen-bond acceptors (Lipinski definition) is 10. The van der Waals surface area contributed by atoms with Gasteiger partial charge in [-0.3, -0.25) is 0 Å². The van der Waals surface area contributed by atoms with Crippen LogP contribution in [0.1, 0.15) is 0 Å². The molecule has 2 aliphatic rings. The van der Waals surface area contributed by atoms with Gasteiger partial charge in [-0.1, -0.05) is 0 Å². The molecule has 2 rings (SSSR count). The smallest absolute Gasteiger partial charge is 0.224 e. The molecule has 10 nitrogen and oxygen atoms in total. The molecule has 0 amide bonds. The topological polar surface area (TPSA) is 169 Å². The molecule has 8 atom stereocenters. The van der Waals surface area contributed by atoms with Crippen molar-refractivity contribution in [3.8, 4) is 0 Å². The summed E-state index contributed by atoms with van der Waals surface area (Å²) in [6.45, 7) is -1.86. The van der Waals surface area contributed by atoms with E-state index in [1.165, 1.54) is 0 Å². The van der Waals surface area contributed by atoms with Gasteiger partial charge in [0.15, 0.2) is 6.29 Å². The van der Waals surface area contributed by atoms with Gasteiger partial charge in [-0.15, -0.1) is 0 Å². The quantitative estimate of drug-likeness (QED) is 0.267. The van der Waals surface area contributed by atoms with Crippen LogP contribution in [0.25, 0.3) is 0 Å². The molecule has 2 saturated heterocycles. The van der Waals surface area contributed by atoms with Crippen LogP contribution in [0.3, 0.4) is 0 Å². The minimum Gasteiger partial charge on any atom is -0.394 e. The van der Waals surface area contributed by atoms with E-state index in [0.29, 0.717) is 0 Å². The van der Waals surface area contributed by atoms with Crippen molar-refractivity contribution >= 4 is 0 Å². The Kier molecular flexibility index (Phi) is 5.15. The molecule has 2 fully saturated rings. The molecule has 2 aliphatic heterocycles. The average molecular weight is 312 g/mol. The molecule has 2 heterocycles. The maximum atomic E-state index is 9.92. The predicted molar refractivity (Wildman–Crippen MR) is 62.6 cm³/mol.